The minimum Gasteiger partial charge on any atom is -0.369 e. The van der Waals surface area contributed by atoms with Crippen LogP contribution in [0.15, 0.2) is 28.8 Å². The Balaban J connectivity index is 2.25. The van der Waals surface area contributed by atoms with Crippen LogP contribution < -0.4 is 5.73 Å². The number of amides is 1. The number of hydrogen-bond acceptors (Lipinski definition) is 4. The summed E-state index contributed by atoms with van der Waals surface area (Å²) in [5, 5.41) is 3.15. The highest BCUT2D eigenvalue weighted by atomic mass is 19.4. The Kier molecular flexibility index (Phi) is 3.92. The number of benzene rings is 1. The summed E-state index contributed by atoms with van der Waals surface area (Å²) >= 11 is 0. The van der Waals surface area contributed by atoms with E-state index in [1.54, 1.807) is 0 Å². The van der Waals surface area contributed by atoms with Crippen LogP contribution in [0.4, 0.5) is 17.6 Å². The molecule has 0 saturated heterocycles. The van der Waals surface area contributed by atoms with E-state index in [9.17, 15) is 22.4 Å². The van der Waals surface area contributed by atoms with Crippen LogP contribution in [0.2, 0.25) is 0 Å². The zero-order valence-electron chi connectivity index (χ0n) is 10.4. The van der Waals surface area contributed by atoms with Crippen LogP contribution in [0.25, 0.3) is 0 Å². The average Bonchev–Trinajstić information content (AvgIpc) is 2.84. The molecule has 1 atom stereocenters. The van der Waals surface area contributed by atoms with E-state index in [1.807, 2.05) is 0 Å². The molecule has 1 aromatic carbocycles. The number of carbonyl (C=O) groups is 1. The van der Waals surface area contributed by atoms with Crippen molar-refractivity contribution in [1.82, 2.24) is 10.1 Å². The fourth-order valence-electron chi connectivity index (χ4n) is 1.74. The van der Waals surface area contributed by atoms with Gasteiger partial charge in [-0.3, -0.25) is 4.79 Å². The molecule has 0 aliphatic heterocycles. The Hall–Kier alpha value is -2.45. The van der Waals surface area contributed by atoms with Gasteiger partial charge in [0.1, 0.15) is 5.82 Å². The molecule has 1 amide bonds. The summed E-state index contributed by atoms with van der Waals surface area (Å²) in [5.41, 5.74) is 5.41. The van der Waals surface area contributed by atoms with Gasteiger partial charge in [0.2, 0.25) is 5.91 Å². The number of alkyl halides is 3. The van der Waals surface area contributed by atoms with Crippen molar-refractivity contribution in [2.45, 2.75) is 18.5 Å². The van der Waals surface area contributed by atoms with Crippen LogP contribution in [-0.4, -0.2) is 16.0 Å². The maximum absolute atomic E-state index is 13.1. The number of primary amides is 1. The summed E-state index contributed by atoms with van der Waals surface area (Å²) in [4.78, 5) is 14.6. The summed E-state index contributed by atoms with van der Waals surface area (Å²) in [5.74, 6) is -4.34. The van der Waals surface area contributed by atoms with E-state index in [0.717, 1.165) is 12.1 Å². The summed E-state index contributed by atoms with van der Waals surface area (Å²) in [6.45, 7) is 0. The second-order valence-electron chi connectivity index (χ2n) is 4.23. The van der Waals surface area contributed by atoms with E-state index >= 15 is 0 Å². The second kappa shape index (κ2) is 5.51. The maximum Gasteiger partial charge on any atom is 0.471 e. The van der Waals surface area contributed by atoms with Gasteiger partial charge in [0.05, 0.1) is 5.92 Å². The molecular weight excluding hydrogens is 294 g/mol. The summed E-state index contributed by atoms with van der Waals surface area (Å²) in [7, 11) is 0. The van der Waals surface area contributed by atoms with Crippen LogP contribution in [0, 0.1) is 5.82 Å². The first kappa shape index (κ1) is 14.9. The molecule has 0 aliphatic rings. The smallest absolute Gasteiger partial charge is 0.369 e. The number of nitrogens with two attached hydrogens (primary N) is 1. The van der Waals surface area contributed by atoms with Crippen LogP contribution in [0.3, 0.4) is 0 Å². The molecule has 2 aromatic rings. The van der Waals surface area contributed by atoms with Crippen LogP contribution in [0.5, 0.6) is 0 Å². The third-order valence-corrected chi connectivity index (χ3v) is 2.69. The van der Waals surface area contributed by atoms with E-state index in [1.165, 1.54) is 12.1 Å². The molecular formula is C12H9F4N3O2. The van der Waals surface area contributed by atoms with Crippen LogP contribution in [-0.2, 0) is 17.4 Å². The van der Waals surface area contributed by atoms with Crippen molar-refractivity contribution in [2.75, 3.05) is 0 Å². The highest BCUT2D eigenvalue weighted by Crippen LogP contribution is 2.28. The highest BCUT2D eigenvalue weighted by Gasteiger charge is 2.38. The van der Waals surface area contributed by atoms with Gasteiger partial charge in [0.15, 0.2) is 5.82 Å². The molecule has 5 nitrogen and oxygen atoms in total. The monoisotopic (exact) mass is 303 g/mol. The largest absolute Gasteiger partial charge is 0.471 e. The first-order valence-electron chi connectivity index (χ1n) is 5.72. The van der Waals surface area contributed by atoms with Gasteiger partial charge in [0, 0.05) is 6.42 Å². The van der Waals surface area contributed by atoms with E-state index in [-0.39, 0.29) is 17.8 Å². The van der Waals surface area contributed by atoms with Crippen LogP contribution in [0.1, 0.15) is 23.2 Å². The number of rotatable bonds is 4. The summed E-state index contributed by atoms with van der Waals surface area (Å²) in [6.07, 6.45) is -5.09. The fraction of sp³-hybridized carbons (Fsp3) is 0.250. The fourth-order valence-corrected chi connectivity index (χ4v) is 1.74. The number of halogens is 4. The standard InChI is InChI=1S/C12H9F4N3O2/c13-7-3-1-2-6(4-7)8(10(17)20)5-9-18-11(21-19-9)12(14,15)16/h1-4,8H,5H2,(H2,17,20). The molecule has 9 heteroatoms. The lowest BCUT2D eigenvalue weighted by atomic mass is 9.95. The lowest BCUT2D eigenvalue weighted by Crippen LogP contribution is -2.24. The molecule has 21 heavy (non-hydrogen) atoms. The predicted octanol–water partition coefficient (Wildman–Crippen LogP) is 2.04. The Morgan fingerprint density at radius 2 is 2.10 bits per heavy atom. The molecule has 112 valence electrons. The Morgan fingerprint density at radius 1 is 1.38 bits per heavy atom. The van der Waals surface area contributed by atoms with E-state index in [2.05, 4.69) is 14.7 Å². The predicted molar refractivity (Wildman–Crippen MR) is 61.3 cm³/mol. The molecule has 0 aliphatic carbocycles. The molecule has 2 rings (SSSR count). The van der Waals surface area contributed by atoms with E-state index in [0.29, 0.717) is 0 Å². The molecule has 0 spiro atoms. The topological polar surface area (TPSA) is 82.0 Å². The molecule has 2 N–H and O–H groups in total. The molecule has 1 aromatic heterocycles. The Labute approximate surface area is 115 Å². The van der Waals surface area contributed by atoms with Crippen molar-refractivity contribution < 1.29 is 26.9 Å². The quantitative estimate of drug-likeness (QED) is 0.876. The second-order valence-corrected chi connectivity index (χ2v) is 4.23. The van der Waals surface area contributed by atoms with Gasteiger partial charge in [-0.1, -0.05) is 17.3 Å². The molecule has 0 radical (unpaired) electrons. The van der Waals surface area contributed by atoms with Crippen molar-refractivity contribution >= 4 is 5.91 Å². The minimum absolute atomic E-state index is 0.223. The SMILES string of the molecule is NC(=O)C(Cc1noc(C(F)(F)F)n1)c1cccc(F)c1. The van der Waals surface area contributed by atoms with Gasteiger partial charge >= 0.3 is 12.1 Å². The Morgan fingerprint density at radius 3 is 2.62 bits per heavy atom. The van der Waals surface area contributed by atoms with E-state index in [4.69, 9.17) is 5.73 Å². The van der Waals surface area contributed by atoms with Gasteiger partial charge in [0.25, 0.3) is 0 Å². The first-order valence-corrected chi connectivity index (χ1v) is 5.72. The minimum atomic E-state index is -4.77. The number of aromatic nitrogens is 2. The van der Waals surface area contributed by atoms with Gasteiger partial charge < -0.3 is 10.3 Å². The number of carbonyl (C=O) groups excluding carboxylic acids is 1. The van der Waals surface area contributed by atoms with Crippen LogP contribution >= 0.6 is 0 Å². The third-order valence-electron chi connectivity index (χ3n) is 2.69. The number of hydrogen-bond donors (Lipinski definition) is 1. The van der Waals surface area contributed by atoms with Crippen molar-refractivity contribution in [3.05, 3.63) is 47.4 Å². The molecule has 1 unspecified atom stereocenters. The van der Waals surface area contributed by atoms with E-state index < -0.39 is 29.7 Å². The zero-order valence-corrected chi connectivity index (χ0v) is 10.4. The molecule has 0 fully saturated rings. The Bertz CT molecular complexity index is 654. The average molecular weight is 303 g/mol. The number of nitrogens with zero attached hydrogens (tertiary/aromatic N) is 2. The van der Waals surface area contributed by atoms with Crippen molar-refractivity contribution in [1.29, 1.82) is 0 Å². The van der Waals surface area contributed by atoms with Crippen molar-refractivity contribution in [3.8, 4) is 0 Å². The van der Waals surface area contributed by atoms with Gasteiger partial charge in [-0.2, -0.15) is 18.2 Å². The summed E-state index contributed by atoms with van der Waals surface area (Å²) in [6, 6.07) is 5.03. The molecule has 0 saturated carbocycles. The van der Waals surface area contributed by atoms with Crippen molar-refractivity contribution in [3.63, 3.8) is 0 Å². The lowest BCUT2D eigenvalue weighted by Gasteiger charge is -2.11. The lowest BCUT2D eigenvalue weighted by molar-refractivity contribution is -0.159. The zero-order chi connectivity index (χ0) is 15.6. The van der Waals surface area contributed by atoms with Gasteiger partial charge in [-0.15, -0.1) is 0 Å². The van der Waals surface area contributed by atoms with Gasteiger partial charge in [-0.25, -0.2) is 4.39 Å². The molecule has 1 heterocycles. The normalized spacial score (nSPS) is 13.1. The third kappa shape index (κ3) is 3.56. The van der Waals surface area contributed by atoms with Gasteiger partial charge in [-0.05, 0) is 17.7 Å². The molecule has 0 bridgehead atoms. The summed E-state index contributed by atoms with van der Waals surface area (Å²) < 4.78 is 54.2. The highest BCUT2D eigenvalue weighted by molar-refractivity contribution is 5.82. The van der Waals surface area contributed by atoms with Crippen molar-refractivity contribution in [2.24, 2.45) is 5.73 Å². The first-order chi connectivity index (χ1) is 9.77. The maximum atomic E-state index is 13.1.